The zero-order chi connectivity index (χ0) is 19.4. The Morgan fingerprint density at radius 2 is 2.15 bits per heavy atom. The first-order valence-electron chi connectivity index (χ1n) is 9.07. The van der Waals surface area contributed by atoms with Gasteiger partial charge in [0, 0.05) is 11.7 Å². The summed E-state index contributed by atoms with van der Waals surface area (Å²) in [4.78, 5) is 26.2. The summed E-state index contributed by atoms with van der Waals surface area (Å²) < 4.78 is 5.57. The normalized spacial score (nSPS) is 17.1. The summed E-state index contributed by atoms with van der Waals surface area (Å²) >= 11 is 0. The van der Waals surface area contributed by atoms with Gasteiger partial charge in [0.1, 0.15) is 11.8 Å². The first kappa shape index (κ1) is 18.8. The second-order valence-electron chi connectivity index (χ2n) is 6.74. The number of anilines is 1. The molecule has 3 rings (SSSR count). The van der Waals surface area contributed by atoms with Crippen LogP contribution in [0.5, 0.6) is 0 Å². The molecular formula is C21H24N2O4. The summed E-state index contributed by atoms with van der Waals surface area (Å²) in [5, 5.41) is 11.9. The number of para-hydroxylation sites is 1. The quantitative estimate of drug-likeness (QED) is 0.732. The first-order valence-corrected chi connectivity index (χ1v) is 9.07. The third-order valence-corrected chi connectivity index (χ3v) is 4.86. The topological polar surface area (TPSA) is 82.8 Å². The Kier molecular flexibility index (Phi) is 5.64. The molecule has 2 unspecified atom stereocenters. The van der Waals surface area contributed by atoms with Gasteiger partial charge >= 0.3 is 5.97 Å². The van der Waals surface area contributed by atoms with E-state index in [2.05, 4.69) is 29.3 Å². The number of nitrogens with one attached hydrogen (secondary N) is 1. The molecule has 1 aliphatic heterocycles. The predicted molar refractivity (Wildman–Crippen MR) is 103 cm³/mol. The van der Waals surface area contributed by atoms with Gasteiger partial charge in [0.15, 0.2) is 0 Å². The van der Waals surface area contributed by atoms with Gasteiger partial charge in [0.05, 0.1) is 18.4 Å². The monoisotopic (exact) mass is 368 g/mol. The summed E-state index contributed by atoms with van der Waals surface area (Å²) in [5.41, 5.74) is 2.79. The highest BCUT2D eigenvalue weighted by atomic mass is 16.4. The molecule has 0 spiro atoms. The van der Waals surface area contributed by atoms with Gasteiger partial charge in [-0.3, -0.25) is 4.79 Å². The van der Waals surface area contributed by atoms with E-state index in [4.69, 9.17) is 4.42 Å². The van der Waals surface area contributed by atoms with Crippen molar-refractivity contribution in [1.82, 2.24) is 5.32 Å². The van der Waals surface area contributed by atoms with Crippen LogP contribution in [0.25, 0.3) is 0 Å². The molecule has 0 saturated carbocycles. The molecule has 1 aromatic carbocycles. The summed E-state index contributed by atoms with van der Waals surface area (Å²) in [6.45, 7) is 4.41. The Balaban J connectivity index is 1.76. The summed E-state index contributed by atoms with van der Waals surface area (Å²) in [6, 6.07) is 9.12. The Morgan fingerprint density at radius 1 is 1.37 bits per heavy atom. The standard InChI is InChI=1S/C21H24N2O4/c1-3-4-8-17(21(25)26)22-20(24)16-10-11-27-19(16)13-23-14(2)12-15-7-5-6-9-18(15)23/h3-7,9-11,14,17H,8,12-13H2,1-2H3,(H,22,24)(H,25,26)/b4-3+. The van der Waals surface area contributed by atoms with Crippen LogP contribution in [0, 0.1) is 0 Å². The number of furan rings is 1. The van der Waals surface area contributed by atoms with Gasteiger partial charge in [0.25, 0.3) is 5.91 Å². The van der Waals surface area contributed by atoms with Crippen molar-refractivity contribution in [2.45, 2.75) is 45.3 Å². The van der Waals surface area contributed by atoms with Crippen LogP contribution in [0.3, 0.4) is 0 Å². The van der Waals surface area contributed by atoms with E-state index >= 15 is 0 Å². The maximum Gasteiger partial charge on any atom is 0.326 e. The third kappa shape index (κ3) is 4.05. The molecule has 6 heteroatoms. The Morgan fingerprint density at radius 3 is 2.89 bits per heavy atom. The van der Waals surface area contributed by atoms with Gasteiger partial charge in [-0.05, 0) is 44.4 Å². The molecule has 27 heavy (non-hydrogen) atoms. The van der Waals surface area contributed by atoms with Crippen LogP contribution in [-0.4, -0.2) is 29.1 Å². The minimum Gasteiger partial charge on any atom is -0.480 e. The lowest BCUT2D eigenvalue weighted by Gasteiger charge is -2.24. The van der Waals surface area contributed by atoms with E-state index in [1.54, 1.807) is 18.2 Å². The molecule has 2 N–H and O–H groups in total. The highest BCUT2D eigenvalue weighted by Crippen LogP contribution is 2.33. The van der Waals surface area contributed by atoms with Crippen LogP contribution in [0.4, 0.5) is 5.69 Å². The molecular weight excluding hydrogens is 344 g/mol. The number of benzene rings is 1. The number of carboxylic acid groups (broad SMARTS) is 1. The lowest BCUT2D eigenvalue weighted by molar-refractivity contribution is -0.139. The van der Waals surface area contributed by atoms with E-state index in [0.29, 0.717) is 23.9 Å². The van der Waals surface area contributed by atoms with Crippen molar-refractivity contribution in [2.24, 2.45) is 0 Å². The maximum absolute atomic E-state index is 12.6. The molecule has 0 aliphatic carbocycles. The fourth-order valence-corrected chi connectivity index (χ4v) is 3.42. The second-order valence-corrected chi connectivity index (χ2v) is 6.74. The van der Waals surface area contributed by atoms with Gasteiger partial charge < -0.3 is 19.7 Å². The Labute approximate surface area is 158 Å². The number of hydrogen-bond acceptors (Lipinski definition) is 4. The third-order valence-electron chi connectivity index (χ3n) is 4.86. The van der Waals surface area contributed by atoms with E-state index in [9.17, 15) is 14.7 Å². The Hall–Kier alpha value is -3.02. The fraction of sp³-hybridized carbons (Fsp3) is 0.333. The number of carbonyl (C=O) groups is 2. The number of hydrogen-bond donors (Lipinski definition) is 2. The molecule has 0 bridgehead atoms. The highest BCUT2D eigenvalue weighted by molar-refractivity contribution is 5.97. The van der Waals surface area contributed by atoms with Gasteiger partial charge in [-0.15, -0.1) is 0 Å². The van der Waals surface area contributed by atoms with Crippen LogP contribution >= 0.6 is 0 Å². The number of aliphatic carboxylic acids is 1. The second kappa shape index (κ2) is 8.12. The van der Waals surface area contributed by atoms with E-state index in [-0.39, 0.29) is 6.42 Å². The number of fused-ring (bicyclic) bond motifs is 1. The maximum atomic E-state index is 12.6. The predicted octanol–water partition coefficient (Wildman–Crippen LogP) is 3.38. The number of carboxylic acids is 1. The van der Waals surface area contributed by atoms with Crippen molar-refractivity contribution in [3.8, 4) is 0 Å². The molecule has 0 radical (unpaired) electrons. The minimum absolute atomic E-state index is 0.237. The van der Waals surface area contributed by atoms with Crippen LogP contribution in [0.2, 0.25) is 0 Å². The van der Waals surface area contributed by atoms with Gasteiger partial charge in [-0.1, -0.05) is 30.4 Å². The number of nitrogens with zero attached hydrogens (tertiary/aromatic N) is 1. The minimum atomic E-state index is -1.06. The van der Waals surface area contributed by atoms with E-state index in [1.807, 2.05) is 19.1 Å². The molecule has 2 atom stereocenters. The van der Waals surface area contributed by atoms with Crippen molar-refractivity contribution in [3.63, 3.8) is 0 Å². The average molecular weight is 368 g/mol. The van der Waals surface area contributed by atoms with E-state index in [1.165, 1.54) is 11.8 Å². The number of allylic oxidation sites excluding steroid dienone is 1. The molecule has 6 nitrogen and oxygen atoms in total. The molecule has 142 valence electrons. The van der Waals surface area contributed by atoms with Crippen molar-refractivity contribution in [1.29, 1.82) is 0 Å². The summed E-state index contributed by atoms with van der Waals surface area (Å²) in [5.74, 6) is -0.962. The number of carbonyl (C=O) groups excluding carboxylic acids is 1. The van der Waals surface area contributed by atoms with Gasteiger partial charge in [-0.25, -0.2) is 4.79 Å². The number of amides is 1. The average Bonchev–Trinajstić information content (AvgIpc) is 3.23. The largest absolute Gasteiger partial charge is 0.480 e. The van der Waals surface area contributed by atoms with Crippen molar-refractivity contribution < 1.29 is 19.1 Å². The molecule has 1 aromatic heterocycles. The van der Waals surface area contributed by atoms with Gasteiger partial charge in [-0.2, -0.15) is 0 Å². The van der Waals surface area contributed by atoms with Crippen molar-refractivity contribution in [3.05, 3.63) is 65.6 Å². The van der Waals surface area contributed by atoms with Crippen LogP contribution < -0.4 is 10.2 Å². The smallest absolute Gasteiger partial charge is 0.326 e. The SMILES string of the molecule is C/C=C/CC(NC(=O)c1ccoc1CN1c2ccccc2CC1C)C(=O)O. The molecule has 1 amide bonds. The Bertz CT molecular complexity index is 855. The zero-order valence-electron chi connectivity index (χ0n) is 15.5. The molecule has 1 aliphatic rings. The van der Waals surface area contributed by atoms with Crippen LogP contribution in [0.15, 0.2) is 53.2 Å². The molecule has 2 heterocycles. The van der Waals surface area contributed by atoms with Crippen LogP contribution in [0.1, 0.15) is 41.9 Å². The van der Waals surface area contributed by atoms with Gasteiger partial charge in [0.2, 0.25) is 0 Å². The fourth-order valence-electron chi connectivity index (χ4n) is 3.42. The van der Waals surface area contributed by atoms with Crippen LogP contribution in [-0.2, 0) is 17.8 Å². The zero-order valence-corrected chi connectivity index (χ0v) is 15.5. The molecule has 0 fully saturated rings. The van der Waals surface area contributed by atoms with E-state index < -0.39 is 17.9 Å². The van der Waals surface area contributed by atoms with Crippen molar-refractivity contribution >= 4 is 17.6 Å². The first-order chi connectivity index (χ1) is 13.0. The lowest BCUT2D eigenvalue weighted by atomic mass is 10.1. The van der Waals surface area contributed by atoms with E-state index in [0.717, 1.165) is 12.1 Å². The molecule has 2 aromatic rings. The number of rotatable bonds is 7. The summed E-state index contributed by atoms with van der Waals surface area (Å²) in [7, 11) is 0. The lowest BCUT2D eigenvalue weighted by Crippen LogP contribution is -2.40. The highest BCUT2D eigenvalue weighted by Gasteiger charge is 2.28. The summed E-state index contributed by atoms with van der Waals surface area (Å²) in [6.07, 6.45) is 6.14. The molecule has 0 saturated heterocycles. The van der Waals surface area contributed by atoms with Crippen molar-refractivity contribution in [2.75, 3.05) is 4.90 Å².